The summed E-state index contributed by atoms with van der Waals surface area (Å²) in [5.41, 5.74) is 6.17. The van der Waals surface area contributed by atoms with E-state index in [0.717, 1.165) is 29.0 Å². The number of thiazole rings is 1. The SMILES string of the molecule is Cc1nc(N2CCOCC2)sc1C(=O)NNC(=O)c1cccc2ccccc12. The fourth-order valence-corrected chi connectivity index (χ4v) is 4.16. The lowest BCUT2D eigenvalue weighted by Gasteiger charge is -2.25. The summed E-state index contributed by atoms with van der Waals surface area (Å²) in [7, 11) is 0. The van der Waals surface area contributed by atoms with Crippen molar-refractivity contribution in [3.05, 3.63) is 58.6 Å². The Bertz CT molecular complexity index is 1020. The van der Waals surface area contributed by atoms with Crippen LogP contribution in [0.5, 0.6) is 0 Å². The van der Waals surface area contributed by atoms with Crippen LogP contribution in [0.1, 0.15) is 25.7 Å². The van der Waals surface area contributed by atoms with Crippen LogP contribution in [0.25, 0.3) is 10.8 Å². The zero-order chi connectivity index (χ0) is 19.5. The third-order valence-electron chi connectivity index (χ3n) is 4.60. The third-order valence-corrected chi connectivity index (χ3v) is 5.81. The number of rotatable bonds is 3. The number of ether oxygens (including phenoxy) is 1. The number of carbonyl (C=O) groups excluding carboxylic acids is 2. The number of benzene rings is 2. The number of hydrogen-bond donors (Lipinski definition) is 2. The predicted molar refractivity (Wildman–Crippen MR) is 109 cm³/mol. The summed E-state index contributed by atoms with van der Waals surface area (Å²) in [6, 6.07) is 13.1. The topological polar surface area (TPSA) is 83.6 Å². The molecule has 0 radical (unpaired) electrons. The van der Waals surface area contributed by atoms with Crippen molar-refractivity contribution in [3.8, 4) is 0 Å². The van der Waals surface area contributed by atoms with E-state index in [9.17, 15) is 9.59 Å². The van der Waals surface area contributed by atoms with Crippen LogP contribution in [0.2, 0.25) is 0 Å². The van der Waals surface area contributed by atoms with Crippen molar-refractivity contribution in [2.24, 2.45) is 0 Å². The number of carbonyl (C=O) groups is 2. The second kappa shape index (κ2) is 7.95. The lowest BCUT2D eigenvalue weighted by Crippen LogP contribution is -2.41. The van der Waals surface area contributed by atoms with E-state index in [-0.39, 0.29) is 11.8 Å². The molecule has 1 aliphatic rings. The molecule has 0 aliphatic carbocycles. The van der Waals surface area contributed by atoms with E-state index in [1.54, 1.807) is 13.0 Å². The third kappa shape index (κ3) is 3.69. The standard InChI is InChI=1S/C20H20N4O3S/c1-13-17(28-20(21-13)24-9-11-27-12-10-24)19(26)23-22-18(25)16-8-4-6-14-5-2-3-7-15(14)16/h2-8H,9-12H2,1H3,(H,22,25)(H,23,26). The lowest BCUT2D eigenvalue weighted by atomic mass is 10.0. The number of aryl methyl sites for hydroxylation is 1. The van der Waals surface area contributed by atoms with Gasteiger partial charge in [-0.2, -0.15) is 0 Å². The van der Waals surface area contributed by atoms with Gasteiger partial charge in [0.1, 0.15) is 4.88 Å². The van der Waals surface area contributed by atoms with Gasteiger partial charge in [-0.05, 0) is 23.8 Å². The molecule has 1 aromatic heterocycles. The maximum Gasteiger partial charge on any atom is 0.281 e. The van der Waals surface area contributed by atoms with Gasteiger partial charge in [-0.1, -0.05) is 47.7 Å². The zero-order valence-corrected chi connectivity index (χ0v) is 16.2. The predicted octanol–water partition coefficient (Wildman–Crippen LogP) is 2.52. The molecule has 2 amide bonds. The Kier molecular flexibility index (Phi) is 5.23. The maximum atomic E-state index is 12.6. The number of nitrogens with zero attached hydrogens (tertiary/aromatic N) is 2. The van der Waals surface area contributed by atoms with Crippen molar-refractivity contribution in [2.45, 2.75) is 6.92 Å². The number of anilines is 1. The van der Waals surface area contributed by atoms with Crippen LogP contribution in [-0.2, 0) is 4.74 Å². The highest BCUT2D eigenvalue weighted by molar-refractivity contribution is 7.17. The molecule has 1 saturated heterocycles. The summed E-state index contributed by atoms with van der Waals surface area (Å²) in [5.74, 6) is -0.733. The van der Waals surface area contributed by atoms with Gasteiger partial charge in [0.25, 0.3) is 11.8 Å². The van der Waals surface area contributed by atoms with Gasteiger partial charge in [0, 0.05) is 18.7 Å². The van der Waals surface area contributed by atoms with E-state index >= 15 is 0 Å². The molecule has 3 aromatic rings. The fraction of sp³-hybridized carbons (Fsp3) is 0.250. The number of hydrazine groups is 1. The van der Waals surface area contributed by atoms with Gasteiger partial charge >= 0.3 is 0 Å². The normalized spacial score (nSPS) is 14.1. The minimum absolute atomic E-state index is 0.360. The Morgan fingerprint density at radius 3 is 2.57 bits per heavy atom. The minimum atomic E-state index is -0.372. The molecule has 2 N–H and O–H groups in total. The Morgan fingerprint density at radius 2 is 1.75 bits per heavy atom. The zero-order valence-electron chi connectivity index (χ0n) is 15.4. The number of hydrogen-bond acceptors (Lipinski definition) is 6. The molecule has 4 rings (SSSR count). The molecule has 0 atom stereocenters. The molecule has 7 nitrogen and oxygen atoms in total. The molecular weight excluding hydrogens is 376 g/mol. The Morgan fingerprint density at radius 1 is 1.04 bits per heavy atom. The molecule has 28 heavy (non-hydrogen) atoms. The van der Waals surface area contributed by atoms with Gasteiger partial charge in [0.15, 0.2) is 5.13 Å². The van der Waals surface area contributed by atoms with Crippen LogP contribution >= 0.6 is 11.3 Å². The van der Waals surface area contributed by atoms with Crippen molar-refractivity contribution in [1.29, 1.82) is 0 Å². The largest absolute Gasteiger partial charge is 0.378 e. The number of nitrogens with one attached hydrogen (secondary N) is 2. The van der Waals surface area contributed by atoms with E-state index in [2.05, 4.69) is 20.7 Å². The van der Waals surface area contributed by atoms with Crippen LogP contribution in [0.15, 0.2) is 42.5 Å². The second-order valence-corrected chi connectivity index (χ2v) is 7.42. The van der Waals surface area contributed by atoms with Crippen molar-refractivity contribution in [3.63, 3.8) is 0 Å². The first kappa shape index (κ1) is 18.4. The maximum absolute atomic E-state index is 12.6. The summed E-state index contributed by atoms with van der Waals surface area (Å²) in [5, 5.41) is 2.60. The smallest absolute Gasteiger partial charge is 0.281 e. The highest BCUT2D eigenvalue weighted by Gasteiger charge is 2.21. The van der Waals surface area contributed by atoms with Gasteiger partial charge in [0.2, 0.25) is 0 Å². The van der Waals surface area contributed by atoms with Gasteiger partial charge in [-0.15, -0.1) is 0 Å². The Labute approximate surface area is 166 Å². The lowest BCUT2D eigenvalue weighted by molar-refractivity contribution is 0.0849. The molecule has 2 heterocycles. The summed E-state index contributed by atoms with van der Waals surface area (Å²) in [6.45, 7) is 4.61. The highest BCUT2D eigenvalue weighted by Crippen LogP contribution is 2.26. The highest BCUT2D eigenvalue weighted by atomic mass is 32.1. The van der Waals surface area contributed by atoms with Crippen molar-refractivity contribution in [1.82, 2.24) is 15.8 Å². The number of morpholine rings is 1. The fourth-order valence-electron chi connectivity index (χ4n) is 3.14. The molecule has 1 aliphatic heterocycles. The summed E-state index contributed by atoms with van der Waals surface area (Å²) in [6.07, 6.45) is 0. The second-order valence-electron chi connectivity index (χ2n) is 6.45. The summed E-state index contributed by atoms with van der Waals surface area (Å²) >= 11 is 1.32. The van der Waals surface area contributed by atoms with Crippen LogP contribution in [0.3, 0.4) is 0 Å². The van der Waals surface area contributed by atoms with Crippen LogP contribution in [0.4, 0.5) is 5.13 Å². The molecule has 0 bridgehead atoms. The van der Waals surface area contributed by atoms with Crippen LogP contribution < -0.4 is 15.8 Å². The average molecular weight is 396 g/mol. The van der Waals surface area contributed by atoms with Crippen molar-refractivity contribution < 1.29 is 14.3 Å². The van der Waals surface area contributed by atoms with Gasteiger partial charge in [0.05, 0.1) is 18.9 Å². The van der Waals surface area contributed by atoms with Crippen molar-refractivity contribution >= 4 is 39.1 Å². The molecule has 144 valence electrons. The monoisotopic (exact) mass is 396 g/mol. The molecule has 0 saturated carbocycles. The Hall–Kier alpha value is -2.97. The molecule has 1 fully saturated rings. The Balaban J connectivity index is 1.45. The first-order valence-corrected chi connectivity index (χ1v) is 9.83. The van der Waals surface area contributed by atoms with E-state index < -0.39 is 0 Å². The van der Waals surface area contributed by atoms with Crippen molar-refractivity contribution in [2.75, 3.05) is 31.2 Å². The van der Waals surface area contributed by atoms with E-state index in [1.807, 2.05) is 36.4 Å². The van der Waals surface area contributed by atoms with E-state index in [1.165, 1.54) is 11.3 Å². The van der Waals surface area contributed by atoms with E-state index in [4.69, 9.17) is 4.74 Å². The van der Waals surface area contributed by atoms with Crippen LogP contribution in [0, 0.1) is 6.92 Å². The summed E-state index contributed by atoms with van der Waals surface area (Å²) in [4.78, 5) is 32.2. The minimum Gasteiger partial charge on any atom is -0.378 e. The molecule has 2 aromatic carbocycles. The molecule has 8 heteroatoms. The molecular formula is C20H20N4O3S. The van der Waals surface area contributed by atoms with Gasteiger partial charge in [-0.25, -0.2) is 4.98 Å². The summed E-state index contributed by atoms with van der Waals surface area (Å²) < 4.78 is 5.35. The molecule has 0 spiro atoms. The first-order valence-electron chi connectivity index (χ1n) is 9.02. The first-order chi connectivity index (χ1) is 13.6. The van der Waals surface area contributed by atoms with E-state index in [0.29, 0.717) is 29.3 Å². The number of amides is 2. The van der Waals surface area contributed by atoms with Gasteiger partial charge in [-0.3, -0.25) is 20.4 Å². The molecule has 0 unspecified atom stereocenters. The quantitative estimate of drug-likeness (QED) is 0.665. The number of aromatic nitrogens is 1. The van der Waals surface area contributed by atoms with Gasteiger partial charge < -0.3 is 9.64 Å². The van der Waals surface area contributed by atoms with Crippen LogP contribution in [-0.4, -0.2) is 43.1 Å². The number of fused-ring (bicyclic) bond motifs is 1. The average Bonchev–Trinajstić information content (AvgIpc) is 3.14.